The Morgan fingerprint density at radius 2 is 1.02 bits per heavy atom. The van der Waals surface area contributed by atoms with E-state index >= 15 is 0 Å². The van der Waals surface area contributed by atoms with Crippen molar-refractivity contribution < 1.29 is 0 Å². The summed E-state index contributed by atoms with van der Waals surface area (Å²) in [4.78, 5) is 15.8. The average molecular weight is 754 g/mol. The minimum Gasteiger partial charge on any atom is -0.309 e. The number of aromatic nitrogens is 5. The van der Waals surface area contributed by atoms with Crippen LogP contribution in [-0.2, 0) is 0 Å². The zero-order valence-electron chi connectivity index (χ0n) is 32.2. The van der Waals surface area contributed by atoms with Gasteiger partial charge >= 0.3 is 0 Å². The number of aryl methyl sites for hydroxylation is 1. The molecule has 0 saturated heterocycles. The van der Waals surface area contributed by atoms with E-state index in [4.69, 9.17) is 15.0 Å². The number of nitrogens with zero attached hydrogens (tertiary/aromatic N) is 5. The van der Waals surface area contributed by atoms with Gasteiger partial charge in [-0.2, -0.15) is 0 Å². The lowest BCUT2D eigenvalue weighted by molar-refractivity contribution is 0.996. The molecule has 0 saturated carbocycles. The largest absolute Gasteiger partial charge is 0.309 e. The summed E-state index contributed by atoms with van der Waals surface area (Å²) >= 11 is 0. The van der Waals surface area contributed by atoms with Gasteiger partial charge in [0.15, 0.2) is 0 Å². The van der Waals surface area contributed by atoms with Crippen LogP contribution in [0, 0.1) is 6.92 Å². The Balaban J connectivity index is 1.16. The first-order chi connectivity index (χ1) is 29.2. The smallest absolute Gasteiger partial charge is 0.235 e. The van der Waals surface area contributed by atoms with Crippen LogP contribution in [-0.4, -0.2) is 24.1 Å². The van der Waals surface area contributed by atoms with Crippen LogP contribution in [0.3, 0.4) is 0 Å². The normalized spacial score (nSPS) is 11.8. The van der Waals surface area contributed by atoms with Crippen molar-refractivity contribution in [3.8, 4) is 45.3 Å². The monoisotopic (exact) mass is 753 g/mol. The number of hydrogen-bond acceptors (Lipinski definition) is 3. The summed E-state index contributed by atoms with van der Waals surface area (Å²) in [5, 5.41) is 8.12. The Hall–Kier alpha value is -7.89. The highest BCUT2D eigenvalue weighted by molar-refractivity contribution is 6.23. The highest BCUT2D eigenvalue weighted by atomic mass is 15.2. The molecule has 0 aliphatic rings. The SMILES string of the molecule is Cc1ccnc2c1c(-c1cccc3c1c1ccccc1n3-c1ccccc1)cc1cc3c4ccccc4n(-c4nc(-c5ccccc5)cc(-c5ccccc5)n4)c3cc12. The third-order valence-electron chi connectivity index (χ3n) is 11.9. The van der Waals surface area contributed by atoms with Crippen LogP contribution in [0.1, 0.15) is 5.56 Å². The second-order valence-electron chi connectivity index (χ2n) is 15.3. The van der Waals surface area contributed by atoms with E-state index in [0.29, 0.717) is 5.95 Å². The molecule has 4 heterocycles. The van der Waals surface area contributed by atoms with Crippen LogP contribution in [0.25, 0.3) is 111 Å². The zero-order valence-corrected chi connectivity index (χ0v) is 32.2. The predicted molar refractivity (Wildman–Crippen MR) is 245 cm³/mol. The van der Waals surface area contributed by atoms with Crippen LogP contribution in [0.2, 0.25) is 0 Å². The van der Waals surface area contributed by atoms with Gasteiger partial charge in [-0.05, 0) is 89.7 Å². The van der Waals surface area contributed by atoms with Gasteiger partial charge in [0.2, 0.25) is 5.95 Å². The van der Waals surface area contributed by atoms with Crippen LogP contribution >= 0.6 is 0 Å². The van der Waals surface area contributed by atoms with Crippen LogP contribution < -0.4 is 0 Å². The van der Waals surface area contributed by atoms with Crippen molar-refractivity contribution in [1.29, 1.82) is 0 Å². The zero-order chi connectivity index (χ0) is 39.0. The molecule has 0 radical (unpaired) electrons. The van der Waals surface area contributed by atoms with Gasteiger partial charge in [-0.1, -0.05) is 127 Å². The summed E-state index contributed by atoms with van der Waals surface area (Å²) in [6.45, 7) is 2.20. The van der Waals surface area contributed by atoms with E-state index in [-0.39, 0.29) is 0 Å². The molecule has 0 atom stereocenters. The first-order valence-electron chi connectivity index (χ1n) is 20.0. The van der Waals surface area contributed by atoms with Gasteiger partial charge in [-0.15, -0.1) is 0 Å². The molecule has 0 unspecified atom stereocenters. The molecule has 5 heteroatoms. The number of benzene rings is 8. The van der Waals surface area contributed by atoms with Gasteiger partial charge in [0.05, 0.1) is 39.0 Å². The topological polar surface area (TPSA) is 48.5 Å². The molecule has 276 valence electrons. The molecule has 0 fully saturated rings. The van der Waals surface area contributed by atoms with E-state index in [1.54, 1.807) is 0 Å². The van der Waals surface area contributed by atoms with Crippen molar-refractivity contribution in [3.05, 3.63) is 200 Å². The van der Waals surface area contributed by atoms with Gasteiger partial charge in [0.25, 0.3) is 0 Å². The fourth-order valence-corrected chi connectivity index (χ4v) is 9.26. The molecule has 12 rings (SSSR count). The summed E-state index contributed by atoms with van der Waals surface area (Å²) in [7, 11) is 0. The van der Waals surface area contributed by atoms with Crippen molar-refractivity contribution in [2.75, 3.05) is 0 Å². The average Bonchev–Trinajstić information content (AvgIpc) is 3.81. The molecule has 4 aromatic heterocycles. The standard InChI is InChI=1S/C54H35N5/c1-34-28-29-55-53-42-32-50-43(39-22-11-13-25-47(39)59(50)54-56-45(35-16-5-2-6-17-35)33-46(57-54)36-18-7-3-8-19-36)30-37(42)31-44(51(34)53)40-24-15-27-49-52(40)41-23-12-14-26-48(41)58(49)38-20-9-4-10-21-38/h2-33H,1H3. The molecule has 8 aromatic carbocycles. The Bertz CT molecular complexity index is 3550. The number of rotatable bonds is 5. The van der Waals surface area contributed by atoms with E-state index < -0.39 is 0 Å². The second kappa shape index (κ2) is 13.1. The lowest BCUT2D eigenvalue weighted by atomic mass is 9.90. The van der Waals surface area contributed by atoms with Crippen LogP contribution in [0.15, 0.2) is 194 Å². The van der Waals surface area contributed by atoms with Crippen molar-refractivity contribution in [1.82, 2.24) is 24.1 Å². The molecule has 0 bridgehead atoms. The predicted octanol–water partition coefficient (Wildman–Crippen LogP) is 13.7. The molecule has 0 N–H and O–H groups in total. The van der Waals surface area contributed by atoms with E-state index in [9.17, 15) is 0 Å². The minimum atomic E-state index is 0.627. The summed E-state index contributed by atoms with van der Waals surface area (Å²) in [6.07, 6.45) is 1.95. The van der Waals surface area contributed by atoms with Crippen molar-refractivity contribution in [2.24, 2.45) is 0 Å². The lowest BCUT2D eigenvalue weighted by Crippen LogP contribution is -2.04. The summed E-state index contributed by atoms with van der Waals surface area (Å²) < 4.78 is 4.62. The van der Waals surface area contributed by atoms with Gasteiger partial charge in [0.1, 0.15) is 0 Å². The highest BCUT2D eigenvalue weighted by Gasteiger charge is 2.22. The lowest BCUT2D eigenvalue weighted by Gasteiger charge is -2.15. The van der Waals surface area contributed by atoms with Gasteiger partial charge in [0, 0.05) is 55.3 Å². The fraction of sp³-hybridized carbons (Fsp3) is 0.0185. The highest BCUT2D eigenvalue weighted by Crippen LogP contribution is 2.44. The van der Waals surface area contributed by atoms with E-state index in [1.165, 1.54) is 38.5 Å². The van der Waals surface area contributed by atoms with E-state index in [2.05, 4.69) is 192 Å². The Labute approximate surface area is 340 Å². The molecule has 0 spiro atoms. The number of pyridine rings is 1. The molecule has 0 amide bonds. The van der Waals surface area contributed by atoms with Gasteiger partial charge in [-0.3, -0.25) is 9.55 Å². The molecular weight excluding hydrogens is 719 g/mol. The molecule has 0 aliphatic heterocycles. The Kier molecular flexibility index (Phi) is 7.38. The summed E-state index contributed by atoms with van der Waals surface area (Å²) in [6, 6.07) is 66.8. The first kappa shape index (κ1) is 33.3. The van der Waals surface area contributed by atoms with Crippen molar-refractivity contribution in [3.63, 3.8) is 0 Å². The molecule has 5 nitrogen and oxygen atoms in total. The van der Waals surface area contributed by atoms with Crippen molar-refractivity contribution >= 4 is 65.3 Å². The maximum Gasteiger partial charge on any atom is 0.235 e. The molecule has 0 aliphatic carbocycles. The summed E-state index contributed by atoms with van der Waals surface area (Å²) in [5.74, 6) is 0.627. The molecule has 12 aromatic rings. The number of fused-ring (bicyclic) bond motifs is 9. The van der Waals surface area contributed by atoms with Gasteiger partial charge in [-0.25, -0.2) is 9.97 Å². The second-order valence-corrected chi connectivity index (χ2v) is 15.3. The van der Waals surface area contributed by atoms with Crippen LogP contribution in [0.4, 0.5) is 0 Å². The first-order valence-corrected chi connectivity index (χ1v) is 20.0. The third-order valence-corrected chi connectivity index (χ3v) is 11.9. The summed E-state index contributed by atoms with van der Waals surface area (Å²) in [5.41, 5.74) is 13.9. The molecular formula is C54H35N5. The minimum absolute atomic E-state index is 0.627. The van der Waals surface area contributed by atoms with Crippen LogP contribution in [0.5, 0.6) is 0 Å². The maximum absolute atomic E-state index is 5.29. The van der Waals surface area contributed by atoms with Gasteiger partial charge < -0.3 is 4.57 Å². The fourth-order valence-electron chi connectivity index (χ4n) is 9.26. The maximum atomic E-state index is 5.29. The quantitative estimate of drug-likeness (QED) is 0.164. The van der Waals surface area contributed by atoms with E-state index in [1.807, 2.05) is 18.3 Å². The van der Waals surface area contributed by atoms with E-state index in [0.717, 1.165) is 71.7 Å². The number of hydrogen-bond donors (Lipinski definition) is 0. The third kappa shape index (κ3) is 5.15. The Morgan fingerprint density at radius 3 is 1.73 bits per heavy atom. The number of para-hydroxylation sites is 3. The Morgan fingerprint density at radius 1 is 0.407 bits per heavy atom. The van der Waals surface area contributed by atoms with Crippen molar-refractivity contribution in [2.45, 2.75) is 6.92 Å². The molecule has 59 heavy (non-hydrogen) atoms.